The maximum absolute atomic E-state index is 11.8. The number of rotatable bonds is 4. The number of aromatic nitrogens is 1. The van der Waals surface area contributed by atoms with E-state index in [1.165, 1.54) is 33.4 Å². The molecule has 5 nitrogen and oxygen atoms in total. The molecular weight excluding hydrogens is 428 g/mol. The van der Waals surface area contributed by atoms with Crippen LogP contribution < -0.4 is 4.72 Å². The van der Waals surface area contributed by atoms with E-state index in [2.05, 4.69) is 46.7 Å². The highest BCUT2D eigenvalue weighted by Crippen LogP contribution is 2.18. The van der Waals surface area contributed by atoms with Gasteiger partial charge in [0, 0.05) is 22.7 Å². The van der Waals surface area contributed by atoms with Gasteiger partial charge in [0.1, 0.15) is 21.7 Å². The van der Waals surface area contributed by atoms with Crippen LogP contribution in [0.2, 0.25) is 0 Å². The van der Waals surface area contributed by atoms with E-state index in [1.807, 2.05) is 43.5 Å². The van der Waals surface area contributed by atoms with Crippen LogP contribution in [0.15, 0.2) is 71.1 Å². The molecule has 3 N–H and O–H groups in total. The van der Waals surface area contributed by atoms with Crippen molar-refractivity contribution in [1.29, 1.82) is 0 Å². The zero-order chi connectivity index (χ0) is 22.2. The highest BCUT2D eigenvalue weighted by molar-refractivity contribution is 7.85. The minimum atomic E-state index is -1.51. The van der Waals surface area contributed by atoms with E-state index in [0.29, 0.717) is 4.21 Å². The molecule has 2 aromatic heterocycles. The Morgan fingerprint density at radius 1 is 1.06 bits per heavy atom. The molecule has 1 unspecified atom stereocenters. The number of aromatic amines is 1. The van der Waals surface area contributed by atoms with E-state index in [0.717, 1.165) is 10.4 Å². The molecule has 0 aliphatic heterocycles. The van der Waals surface area contributed by atoms with Crippen LogP contribution in [0.25, 0.3) is 10.9 Å². The van der Waals surface area contributed by atoms with Gasteiger partial charge in [0.05, 0.1) is 4.88 Å². The maximum atomic E-state index is 11.8. The van der Waals surface area contributed by atoms with Crippen molar-refractivity contribution in [3.8, 4) is 11.8 Å². The highest BCUT2D eigenvalue weighted by Gasteiger charge is 2.08. The monoisotopic (exact) mass is 450 g/mol. The molecule has 1 atom stereocenters. The number of benzene rings is 2. The minimum Gasteiger partial charge on any atom is -0.480 e. The number of carbonyl (C=O) groups is 1. The van der Waals surface area contributed by atoms with E-state index >= 15 is 0 Å². The summed E-state index contributed by atoms with van der Waals surface area (Å²) in [5, 5.41) is 9.85. The van der Waals surface area contributed by atoms with E-state index in [1.54, 1.807) is 12.1 Å². The van der Waals surface area contributed by atoms with Crippen LogP contribution in [0.4, 0.5) is 0 Å². The van der Waals surface area contributed by atoms with E-state index in [9.17, 15) is 9.00 Å². The van der Waals surface area contributed by atoms with Crippen molar-refractivity contribution >= 4 is 39.2 Å². The second kappa shape index (κ2) is 10.7. The number of fused-ring (bicyclic) bond motifs is 1. The largest absolute Gasteiger partial charge is 0.480 e. The van der Waals surface area contributed by atoms with Gasteiger partial charge in [-0.05, 0) is 49.7 Å². The van der Waals surface area contributed by atoms with Gasteiger partial charge in [0.2, 0.25) is 0 Å². The van der Waals surface area contributed by atoms with Crippen LogP contribution in [0.3, 0.4) is 0 Å². The molecule has 0 aliphatic rings. The summed E-state index contributed by atoms with van der Waals surface area (Å²) >= 11 is 1.29. The average molecular weight is 451 g/mol. The lowest BCUT2D eigenvalue weighted by Crippen LogP contribution is -2.24. The first-order valence-electron chi connectivity index (χ1n) is 9.50. The Morgan fingerprint density at radius 3 is 2.52 bits per heavy atom. The first kappa shape index (κ1) is 22.5. The van der Waals surface area contributed by atoms with Gasteiger partial charge in [-0.1, -0.05) is 47.7 Å². The van der Waals surface area contributed by atoms with Gasteiger partial charge in [-0.25, -0.2) is 8.93 Å². The number of hydrogen-bond acceptors (Lipinski definition) is 3. The number of hydrogen-bond donors (Lipinski definition) is 3. The van der Waals surface area contributed by atoms with Crippen molar-refractivity contribution in [2.24, 2.45) is 0 Å². The Labute approximate surface area is 187 Å². The minimum absolute atomic E-state index is 0.338. The number of carboxylic acids is 1. The molecule has 0 amide bonds. The third-order valence-corrected chi connectivity index (χ3v) is 6.70. The summed E-state index contributed by atoms with van der Waals surface area (Å²) in [7, 11) is -1.51. The summed E-state index contributed by atoms with van der Waals surface area (Å²) < 4.78 is 14.8. The van der Waals surface area contributed by atoms with Crippen molar-refractivity contribution in [2.75, 3.05) is 6.54 Å². The molecular formula is C24H22N2O3S2. The predicted molar refractivity (Wildman–Crippen MR) is 127 cm³/mol. The maximum Gasteiger partial charge on any atom is 0.318 e. The van der Waals surface area contributed by atoms with Crippen molar-refractivity contribution in [3.05, 3.63) is 88.4 Å². The van der Waals surface area contributed by atoms with Crippen LogP contribution >= 0.6 is 11.3 Å². The lowest BCUT2D eigenvalue weighted by atomic mass is 10.1. The van der Waals surface area contributed by atoms with Crippen LogP contribution in [-0.4, -0.2) is 26.8 Å². The smallest absolute Gasteiger partial charge is 0.318 e. The summed E-state index contributed by atoms with van der Waals surface area (Å²) in [6.45, 7) is 3.79. The fourth-order valence-electron chi connectivity index (χ4n) is 2.67. The van der Waals surface area contributed by atoms with Crippen LogP contribution in [-0.2, 0) is 15.8 Å². The molecule has 0 aliphatic carbocycles. The van der Waals surface area contributed by atoms with Crippen LogP contribution in [0.5, 0.6) is 0 Å². The second-order valence-corrected chi connectivity index (χ2v) is 9.34. The standard InChI is InChI=1S/C15H13NO3S2.C9H9N/c1-11-2-4-12(5-3-11)6-7-13-8-9-15(20-13)21(19)16-10-14(17)18;1-7-6-10-9-5-3-2-4-8(7)9/h2-5,8-9,16H,10H2,1H3,(H,17,18);2-6,10H,1H3. The zero-order valence-corrected chi connectivity index (χ0v) is 18.8. The topological polar surface area (TPSA) is 82.2 Å². The molecule has 4 aromatic rings. The van der Waals surface area contributed by atoms with Gasteiger partial charge in [0.25, 0.3) is 0 Å². The second-order valence-electron chi connectivity index (χ2n) is 6.74. The Kier molecular flexibility index (Phi) is 7.79. The normalized spacial score (nSPS) is 11.2. The van der Waals surface area contributed by atoms with Gasteiger partial charge in [-0.3, -0.25) is 4.79 Å². The molecule has 31 heavy (non-hydrogen) atoms. The lowest BCUT2D eigenvalue weighted by molar-refractivity contribution is -0.135. The molecule has 0 saturated heterocycles. The number of aryl methyl sites for hydroxylation is 2. The number of nitrogens with one attached hydrogen (secondary N) is 2. The van der Waals surface area contributed by atoms with Crippen LogP contribution in [0.1, 0.15) is 21.6 Å². The van der Waals surface area contributed by atoms with Crippen LogP contribution in [0, 0.1) is 25.7 Å². The molecule has 0 saturated carbocycles. The molecule has 0 radical (unpaired) electrons. The summed E-state index contributed by atoms with van der Waals surface area (Å²) in [4.78, 5) is 14.4. The number of para-hydroxylation sites is 1. The molecule has 4 rings (SSSR count). The molecule has 7 heteroatoms. The van der Waals surface area contributed by atoms with Gasteiger partial charge in [-0.15, -0.1) is 11.3 Å². The van der Waals surface area contributed by atoms with Gasteiger partial charge in [-0.2, -0.15) is 0 Å². The van der Waals surface area contributed by atoms with Gasteiger partial charge < -0.3 is 10.1 Å². The van der Waals surface area contributed by atoms with E-state index in [-0.39, 0.29) is 6.54 Å². The van der Waals surface area contributed by atoms with E-state index in [4.69, 9.17) is 5.11 Å². The van der Waals surface area contributed by atoms with Gasteiger partial charge >= 0.3 is 5.97 Å². The number of carboxylic acid groups (broad SMARTS) is 1. The molecule has 158 valence electrons. The molecule has 2 aromatic carbocycles. The third-order valence-electron chi connectivity index (χ3n) is 4.30. The Bertz CT molecular complexity index is 1260. The first-order valence-corrected chi connectivity index (χ1v) is 11.5. The summed E-state index contributed by atoms with van der Waals surface area (Å²) in [5.41, 5.74) is 4.63. The molecule has 0 spiro atoms. The summed E-state index contributed by atoms with van der Waals surface area (Å²) in [6, 6.07) is 19.7. The number of thiophene rings is 1. The van der Waals surface area contributed by atoms with Crippen molar-refractivity contribution < 1.29 is 14.1 Å². The number of H-pyrrole nitrogens is 1. The average Bonchev–Trinajstić information content (AvgIpc) is 3.39. The Morgan fingerprint density at radius 2 is 1.81 bits per heavy atom. The fraction of sp³-hybridized carbons (Fsp3) is 0.125. The predicted octanol–water partition coefficient (Wildman–Crippen LogP) is 4.63. The fourth-order valence-corrected chi connectivity index (χ4v) is 4.60. The van der Waals surface area contributed by atoms with Crippen molar-refractivity contribution in [2.45, 2.75) is 18.1 Å². The molecule has 0 bridgehead atoms. The zero-order valence-electron chi connectivity index (χ0n) is 17.1. The number of aliphatic carboxylic acids is 1. The molecule has 0 fully saturated rings. The van der Waals surface area contributed by atoms with Crippen molar-refractivity contribution in [1.82, 2.24) is 9.71 Å². The first-order chi connectivity index (χ1) is 14.9. The van der Waals surface area contributed by atoms with Crippen molar-refractivity contribution in [3.63, 3.8) is 0 Å². The molecule has 2 heterocycles. The highest BCUT2D eigenvalue weighted by atomic mass is 32.2. The van der Waals surface area contributed by atoms with Gasteiger partial charge in [0.15, 0.2) is 0 Å². The Hall–Kier alpha value is -3.18. The third kappa shape index (κ3) is 6.66. The lowest BCUT2D eigenvalue weighted by Gasteiger charge is -1.97. The SMILES string of the molecule is Cc1c[nH]c2ccccc12.Cc1ccc(C#Cc2ccc(S(=O)NCC(=O)O)s2)cc1. The van der Waals surface area contributed by atoms with E-state index < -0.39 is 17.0 Å². The quantitative estimate of drug-likeness (QED) is 0.397. The Balaban J connectivity index is 0.000000225. The summed E-state index contributed by atoms with van der Waals surface area (Å²) in [5.74, 6) is 5.01. The summed E-state index contributed by atoms with van der Waals surface area (Å²) in [6.07, 6.45) is 2.03.